The highest BCUT2D eigenvalue weighted by molar-refractivity contribution is 5.54. The van der Waals surface area contributed by atoms with E-state index < -0.39 is 0 Å². The highest BCUT2D eigenvalue weighted by Gasteiger charge is 2.23. The summed E-state index contributed by atoms with van der Waals surface area (Å²) in [7, 11) is 2.04. The molecule has 0 fully saturated rings. The predicted molar refractivity (Wildman–Crippen MR) is 79.6 cm³/mol. The number of rotatable bonds is 2. The van der Waals surface area contributed by atoms with Gasteiger partial charge < -0.3 is 4.90 Å². The van der Waals surface area contributed by atoms with Crippen LogP contribution in [-0.4, -0.2) is 18.1 Å². The molecule has 1 heterocycles. The zero-order valence-electron chi connectivity index (χ0n) is 11.6. The fourth-order valence-corrected chi connectivity index (χ4v) is 2.95. The van der Waals surface area contributed by atoms with Gasteiger partial charge in [0.2, 0.25) is 0 Å². The van der Waals surface area contributed by atoms with Gasteiger partial charge in [-0.2, -0.15) is 5.26 Å². The van der Waals surface area contributed by atoms with Crippen molar-refractivity contribution in [1.29, 1.82) is 5.26 Å². The highest BCUT2D eigenvalue weighted by Crippen LogP contribution is 2.27. The maximum atomic E-state index is 9.21. The van der Waals surface area contributed by atoms with E-state index in [9.17, 15) is 5.26 Å². The molecular formula is C17H17N3. The maximum Gasteiger partial charge on any atom is 0.146 e. The second kappa shape index (κ2) is 5.34. The number of hydrogen-bond acceptors (Lipinski definition) is 3. The molecule has 3 nitrogen and oxygen atoms in total. The van der Waals surface area contributed by atoms with Crippen LogP contribution in [0.25, 0.3) is 0 Å². The van der Waals surface area contributed by atoms with Gasteiger partial charge in [-0.1, -0.05) is 24.3 Å². The molecule has 100 valence electrons. The van der Waals surface area contributed by atoms with E-state index in [1.165, 1.54) is 11.1 Å². The van der Waals surface area contributed by atoms with Gasteiger partial charge in [0.1, 0.15) is 11.9 Å². The van der Waals surface area contributed by atoms with Crippen molar-refractivity contribution in [1.82, 2.24) is 4.98 Å². The summed E-state index contributed by atoms with van der Waals surface area (Å²) in [4.78, 5) is 6.55. The fourth-order valence-electron chi connectivity index (χ4n) is 2.95. The Morgan fingerprint density at radius 1 is 1.20 bits per heavy atom. The van der Waals surface area contributed by atoms with E-state index in [0.29, 0.717) is 11.6 Å². The molecule has 0 N–H and O–H groups in total. The van der Waals surface area contributed by atoms with Crippen LogP contribution in [-0.2, 0) is 12.8 Å². The molecule has 1 unspecified atom stereocenters. The van der Waals surface area contributed by atoms with Crippen molar-refractivity contribution in [2.24, 2.45) is 0 Å². The first kappa shape index (κ1) is 12.7. The molecule has 0 amide bonds. The van der Waals surface area contributed by atoms with Gasteiger partial charge in [-0.05, 0) is 42.5 Å². The van der Waals surface area contributed by atoms with Crippen molar-refractivity contribution >= 4 is 5.82 Å². The third-order valence-electron chi connectivity index (χ3n) is 4.11. The normalized spacial score (nSPS) is 17.1. The molecule has 0 saturated carbocycles. The third kappa shape index (κ3) is 2.25. The van der Waals surface area contributed by atoms with Crippen LogP contribution in [0, 0.1) is 11.3 Å². The number of benzene rings is 1. The van der Waals surface area contributed by atoms with Gasteiger partial charge in [0.15, 0.2) is 0 Å². The minimum atomic E-state index is 0.409. The molecule has 3 heteroatoms. The molecular weight excluding hydrogens is 246 g/mol. The molecule has 1 atom stereocenters. The Morgan fingerprint density at radius 2 is 2.00 bits per heavy atom. The summed E-state index contributed by atoms with van der Waals surface area (Å²) >= 11 is 0. The first-order valence-electron chi connectivity index (χ1n) is 6.94. The van der Waals surface area contributed by atoms with Gasteiger partial charge in [0, 0.05) is 19.3 Å². The number of aromatic nitrogens is 1. The van der Waals surface area contributed by atoms with Crippen molar-refractivity contribution in [2.45, 2.75) is 25.3 Å². The van der Waals surface area contributed by atoms with E-state index in [2.05, 4.69) is 40.2 Å². The SMILES string of the molecule is CN(c1ncccc1C#N)C1CCc2ccccc2C1. The van der Waals surface area contributed by atoms with Crippen molar-refractivity contribution in [3.63, 3.8) is 0 Å². The summed E-state index contributed by atoms with van der Waals surface area (Å²) in [5.41, 5.74) is 3.53. The zero-order valence-corrected chi connectivity index (χ0v) is 11.6. The minimum Gasteiger partial charge on any atom is -0.355 e. The lowest BCUT2D eigenvalue weighted by atomic mass is 9.87. The monoisotopic (exact) mass is 263 g/mol. The molecule has 3 rings (SSSR count). The van der Waals surface area contributed by atoms with Gasteiger partial charge in [-0.25, -0.2) is 4.98 Å². The topological polar surface area (TPSA) is 39.9 Å². The molecule has 0 bridgehead atoms. The summed E-state index contributed by atoms with van der Waals surface area (Å²) in [6, 6.07) is 14.9. The molecule has 0 saturated heterocycles. The Hall–Kier alpha value is -2.34. The van der Waals surface area contributed by atoms with E-state index in [1.54, 1.807) is 6.20 Å². The van der Waals surface area contributed by atoms with Gasteiger partial charge in [-0.3, -0.25) is 0 Å². The number of pyridine rings is 1. The molecule has 1 aliphatic rings. The average Bonchev–Trinajstić information content (AvgIpc) is 2.53. The van der Waals surface area contributed by atoms with Crippen LogP contribution in [0.5, 0.6) is 0 Å². The molecule has 1 aromatic carbocycles. The Bertz CT molecular complexity index is 657. The van der Waals surface area contributed by atoms with Crippen molar-refractivity contribution in [3.8, 4) is 6.07 Å². The molecule has 1 aromatic heterocycles. The highest BCUT2D eigenvalue weighted by atomic mass is 15.2. The van der Waals surface area contributed by atoms with Crippen molar-refractivity contribution in [2.75, 3.05) is 11.9 Å². The van der Waals surface area contributed by atoms with E-state index in [4.69, 9.17) is 0 Å². The quantitative estimate of drug-likeness (QED) is 0.836. The molecule has 20 heavy (non-hydrogen) atoms. The maximum absolute atomic E-state index is 9.21. The molecule has 1 aliphatic carbocycles. The summed E-state index contributed by atoms with van der Waals surface area (Å²) in [6.45, 7) is 0. The van der Waals surface area contributed by atoms with Gasteiger partial charge in [-0.15, -0.1) is 0 Å². The summed E-state index contributed by atoms with van der Waals surface area (Å²) in [6.07, 6.45) is 4.98. The van der Waals surface area contributed by atoms with Crippen LogP contribution < -0.4 is 4.90 Å². The number of likely N-dealkylation sites (N-methyl/N-ethyl adjacent to an activating group) is 1. The standard InChI is InChI=1S/C17H17N3/c1-20(17-15(12-18)7-4-10-19-17)16-9-8-13-5-2-3-6-14(13)11-16/h2-7,10,16H,8-9,11H2,1H3. The Morgan fingerprint density at radius 3 is 2.80 bits per heavy atom. The van der Waals surface area contributed by atoms with Crippen LogP contribution in [0.3, 0.4) is 0 Å². The number of hydrogen-bond donors (Lipinski definition) is 0. The smallest absolute Gasteiger partial charge is 0.146 e. The van der Waals surface area contributed by atoms with Crippen molar-refractivity contribution in [3.05, 3.63) is 59.3 Å². The number of nitrogens with zero attached hydrogens (tertiary/aromatic N) is 3. The van der Waals surface area contributed by atoms with Gasteiger partial charge in [0.25, 0.3) is 0 Å². The third-order valence-corrected chi connectivity index (χ3v) is 4.11. The number of fused-ring (bicyclic) bond motifs is 1. The van der Waals surface area contributed by atoms with Gasteiger partial charge in [0.05, 0.1) is 5.56 Å². The van der Waals surface area contributed by atoms with Crippen LogP contribution in [0.15, 0.2) is 42.6 Å². The summed E-state index contributed by atoms with van der Waals surface area (Å²) in [5.74, 6) is 0.791. The van der Waals surface area contributed by atoms with E-state index in [-0.39, 0.29) is 0 Å². The molecule has 0 spiro atoms. The lowest BCUT2D eigenvalue weighted by Gasteiger charge is -2.33. The Labute approximate surface area is 119 Å². The van der Waals surface area contributed by atoms with Gasteiger partial charge >= 0.3 is 0 Å². The number of nitriles is 1. The Kier molecular flexibility index (Phi) is 3.39. The minimum absolute atomic E-state index is 0.409. The lowest BCUT2D eigenvalue weighted by molar-refractivity contribution is 0.544. The van der Waals surface area contributed by atoms with Crippen LogP contribution in [0.4, 0.5) is 5.82 Å². The number of aryl methyl sites for hydroxylation is 1. The molecule has 0 aliphatic heterocycles. The predicted octanol–water partition coefficient (Wildman–Crippen LogP) is 2.95. The number of anilines is 1. The summed E-state index contributed by atoms with van der Waals surface area (Å²) in [5, 5.41) is 9.21. The average molecular weight is 263 g/mol. The second-order valence-electron chi connectivity index (χ2n) is 5.26. The molecule has 0 radical (unpaired) electrons. The Balaban J connectivity index is 1.86. The van der Waals surface area contributed by atoms with E-state index in [0.717, 1.165) is 25.1 Å². The second-order valence-corrected chi connectivity index (χ2v) is 5.26. The van der Waals surface area contributed by atoms with E-state index >= 15 is 0 Å². The first-order chi connectivity index (χ1) is 9.79. The van der Waals surface area contributed by atoms with E-state index in [1.807, 2.05) is 19.2 Å². The van der Waals surface area contributed by atoms with Crippen molar-refractivity contribution < 1.29 is 0 Å². The summed E-state index contributed by atoms with van der Waals surface area (Å²) < 4.78 is 0. The molecule has 2 aromatic rings. The zero-order chi connectivity index (χ0) is 13.9. The van der Waals surface area contributed by atoms with Crippen LogP contribution in [0.1, 0.15) is 23.1 Å². The largest absolute Gasteiger partial charge is 0.355 e. The lowest BCUT2D eigenvalue weighted by Crippen LogP contribution is -2.37. The fraction of sp³-hybridized carbons (Fsp3) is 0.294. The van der Waals surface area contributed by atoms with Crippen LogP contribution >= 0.6 is 0 Å². The van der Waals surface area contributed by atoms with Crippen LogP contribution in [0.2, 0.25) is 0 Å². The first-order valence-corrected chi connectivity index (χ1v) is 6.94.